The molecule has 1 aromatic rings. The Bertz CT molecular complexity index is 464. The minimum absolute atomic E-state index is 0.0157. The molecule has 2 rings (SSSR count). The van der Waals surface area contributed by atoms with Gasteiger partial charge in [-0.25, -0.2) is 8.78 Å². The summed E-state index contributed by atoms with van der Waals surface area (Å²) in [4.78, 5) is 13.4. The van der Waals surface area contributed by atoms with Crippen molar-refractivity contribution in [2.24, 2.45) is 0 Å². The van der Waals surface area contributed by atoms with E-state index in [1.165, 1.54) is 12.1 Å². The second-order valence-electron chi connectivity index (χ2n) is 4.51. The van der Waals surface area contributed by atoms with Crippen molar-refractivity contribution >= 4 is 5.91 Å². The van der Waals surface area contributed by atoms with Crippen LogP contribution in [-0.4, -0.2) is 23.4 Å². The van der Waals surface area contributed by atoms with Crippen LogP contribution in [0.25, 0.3) is 0 Å². The second-order valence-corrected chi connectivity index (χ2v) is 4.51. The highest BCUT2D eigenvalue weighted by molar-refractivity contribution is 5.81. The largest absolute Gasteiger partial charge is 0.319 e. The van der Waals surface area contributed by atoms with Gasteiger partial charge in [0.25, 0.3) is 0 Å². The fraction of sp³-hybridized carbons (Fsp3) is 0.462. The molecule has 1 fully saturated rings. The van der Waals surface area contributed by atoms with Crippen molar-refractivity contribution < 1.29 is 13.6 Å². The summed E-state index contributed by atoms with van der Waals surface area (Å²) in [5.74, 6) is -1.30. The molecule has 3 nitrogen and oxygen atoms in total. The van der Waals surface area contributed by atoms with Gasteiger partial charge in [-0.05, 0) is 25.5 Å². The van der Waals surface area contributed by atoms with E-state index in [9.17, 15) is 13.6 Å². The van der Waals surface area contributed by atoms with Crippen molar-refractivity contribution in [2.45, 2.75) is 32.5 Å². The first kappa shape index (κ1) is 13.0. The molecule has 0 aliphatic carbocycles. The molecule has 1 saturated heterocycles. The van der Waals surface area contributed by atoms with Crippen LogP contribution in [0.4, 0.5) is 8.78 Å². The Balaban J connectivity index is 2.34. The molecular formula is C13H16F2N2O. The first-order valence-electron chi connectivity index (χ1n) is 6.04. The lowest BCUT2D eigenvalue weighted by atomic mass is 10.1. The van der Waals surface area contributed by atoms with E-state index in [1.807, 2.05) is 13.8 Å². The predicted octanol–water partition coefficient (Wildman–Crippen LogP) is 2.19. The van der Waals surface area contributed by atoms with Crippen LogP contribution in [-0.2, 0) is 4.79 Å². The van der Waals surface area contributed by atoms with Gasteiger partial charge in [-0.15, -0.1) is 0 Å². The molecule has 0 bridgehead atoms. The zero-order chi connectivity index (χ0) is 13.3. The number of hydrogen-bond donors (Lipinski definition) is 1. The van der Waals surface area contributed by atoms with Gasteiger partial charge in [0.1, 0.15) is 17.8 Å². The number of carbonyl (C=O) groups excluding carboxylic acids is 1. The van der Waals surface area contributed by atoms with E-state index >= 15 is 0 Å². The van der Waals surface area contributed by atoms with Gasteiger partial charge >= 0.3 is 0 Å². The van der Waals surface area contributed by atoms with E-state index in [0.29, 0.717) is 5.56 Å². The van der Waals surface area contributed by atoms with Crippen LogP contribution >= 0.6 is 0 Å². The van der Waals surface area contributed by atoms with E-state index in [1.54, 1.807) is 4.90 Å². The number of benzene rings is 1. The highest BCUT2D eigenvalue weighted by atomic mass is 19.1. The lowest BCUT2D eigenvalue weighted by Crippen LogP contribution is -2.37. The standard InChI is InChI=1S/C13H16F2N2O/c1-3-8(2)17-12(18)7-16-13(17)10-5-4-9(14)6-11(10)15/h4-6,8,13,16H,3,7H2,1-2H3. The van der Waals surface area contributed by atoms with Gasteiger partial charge in [0.05, 0.1) is 6.54 Å². The molecule has 0 saturated carbocycles. The SMILES string of the molecule is CCC(C)N1C(=O)CNC1c1ccc(F)cc1F. The molecule has 1 aliphatic rings. The van der Waals surface area contributed by atoms with Crippen LogP contribution in [0.3, 0.4) is 0 Å². The zero-order valence-corrected chi connectivity index (χ0v) is 10.4. The summed E-state index contributed by atoms with van der Waals surface area (Å²) < 4.78 is 26.6. The van der Waals surface area contributed by atoms with Gasteiger partial charge in [0, 0.05) is 17.7 Å². The smallest absolute Gasteiger partial charge is 0.238 e. The van der Waals surface area contributed by atoms with E-state index in [0.717, 1.165) is 12.5 Å². The highest BCUT2D eigenvalue weighted by Gasteiger charge is 2.35. The highest BCUT2D eigenvalue weighted by Crippen LogP contribution is 2.27. The molecule has 1 heterocycles. The van der Waals surface area contributed by atoms with Crippen molar-refractivity contribution in [3.8, 4) is 0 Å². The van der Waals surface area contributed by atoms with Crippen molar-refractivity contribution in [2.75, 3.05) is 6.54 Å². The zero-order valence-electron chi connectivity index (χ0n) is 10.4. The minimum atomic E-state index is -0.629. The Morgan fingerprint density at radius 1 is 1.50 bits per heavy atom. The molecule has 5 heteroatoms. The maximum Gasteiger partial charge on any atom is 0.238 e. The summed E-state index contributed by atoms with van der Waals surface area (Å²) in [7, 11) is 0. The van der Waals surface area contributed by atoms with Crippen LogP contribution in [0.5, 0.6) is 0 Å². The summed E-state index contributed by atoms with van der Waals surface area (Å²) in [5, 5.41) is 2.96. The maximum atomic E-state index is 13.8. The van der Waals surface area contributed by atoms with E-state index < -0.39 is 17.8 Å². The normalized spacial score (nSPS) is 21.4. The Hall–Kier alpha value is -1.49. The number of amides is 1. The Morgan fingerprint density at radius 3 is 2.83 bits per heavy atom. The summed E-state index contributed by atoms with van der Waals surface area (Å²) in [6.45, 7) is 4.07. The molecule has 0 radical (unpaired) electrons. The molecule has 1 aliphatic heterocycles. The molecule has 0 aromatic heterocycles. The average Bonchev–Trinajstić information content (AvgIpc) is 2.70. The molecule has 2 atom stereocenters. The third-order valence-corrected chi connectivity index (χ3v) is 3.34. The Kier molecular flexibility index (Phi) is 3.61. The topological polar surface area (TPSA) is 32.3 Å². The monoisotopic (exact) mass is 254 g/mol. The van der Waals surface area contributed by atoms with Crippen LogP contribution in [0, 0.1) is 11.6 Å². The summed E-state index contributed by atoms with van der Waals surface area (Å²) in [6.07, 6.45) is 0.278. The Morgan fingerprint density at radius 2 is 2.22 bits per heavy atom. The van der Waals surface area contributed by atoms with Gasteiger partial charge in [-0.1, -0.05) is 6.92 Å². The number of nitrogens with one attached hydrogen (secondary N) is 1. The minimum Gasteiger partial charge on any atom is -0.319 e. The molecule has 1 amide bonds. The predicted molar refractivity (Wildman–Crippen MR) is 63.7 cm³/mol. The fourth-order valence-electron chi connectivity index (χ4n) is 2.20. The molecule has 0 spiro atoms. The lowest BCUT2D eigenvalue weighted by molar-refractivity contribution is -0.130. The van der Waals surface area contributed by atoms with Crippen molar-refractivity contribution in [3.05, 3.63) is 35.4 Å². The van der Waals surface area contributed by atoms with Crippen LogP contribution in [0.1, 0.15) is 32.0 Å². The lowest BCUT2D eigenvalue weighted by Gasteiger charge is -2.30. The van der Waals surface area contributed by atoms with Crippen LogP contribution in [0.15, 0.2) is 18.2 Å². The third-order valence-electron chi connectivity index (χ3n) is 3.34. The van der Waals surface area contributed by atoms with Gasteiger partial charge in [-0.3, -0.25) is 10.1 Å². The molecule has 1 N–H and O–H groups in total. The van der Waals surface area contributed by atoms with Gasteiger partial charge in [-0.2, -0.15) is 0 Å². The molecule has 98 valence electrons. The summed E-state index contributed by atoms with van der Waals surface area (Å²) in [6, 6.07) is 3.45. The van der Waals surface area contributed by atoms with E-state index in [2.05, 4.69) is 5.32 Å². The quantitative estimate of drug-likeness (QED) is 0.896. The van der Waals surface area contributed by atoms with Gasteiger partial charge in [0.2, 0.25) is 5.91 Å². The third kappa shape index (κ3) is 2.22. The van der Waals surface area contributed by atoms with E-state index in [-0.39, 0.29) is 18.5 Å². The number of nitrogens with zero attached hydrogens (tertiary/aromatic N) is 1. The van der Waals surface area contributed by atoms with Crippen LogP contribution < -0.4 is 5.32 Å². The fourth-order valence-corrected chi connectivity index (χ4v) is 2.20. The summed E-state index contributed by atoms with van der Waals surface area (Å²) >= 11 is 0. The first-order valence-corrected chi connectivity index (χ1v) is 6.04. The average molecular weight is 254 g/mol. The maximum absolute atomic E-state index is 13.8. The number of rotatable bonds is 3. The van der Waals surface area contributed by atoms with Crippen LogP contribution in [0.2, 0.25) is 0 Å². The van der Waals surface area contributed by atoms with E-state index in [4.69, 9.17) is 0 Å². The van der Waals surface area contributed by atoms with Gasteiger partial charge < -0.3 is 4.90 Å². The van der Waals surface area contributed by atoms with Crippen molar-refractivity contribution in [1.29, 1.82) is 0 Å². The number of hydrogen-bond acceptors (Lipinski definition) is 2. The molecular weight excluding hydrogens is 238 g/mol. The summed E-state index contributed by atoms with van der Waals surface area (Å²) in [5.41, 5.74) is 0.308. The van der Waals surface area contributed by atoms with Crippen molar-refractivity contribution in [1.82, 2.24) is 10.2 Å². The molecule has 18 heavy (non-hydrogen) atoms. The number of halogens is 2. The Labute approximate surface area is 105 Å². The van der Waals surface area contributed by atoms with Gasteiger partial charge in [0.15, 0.2) is 0 Å². The van der Waals surface area contributed by atoms with Crippen molar-refractivity contribution in [3.63, 3.8) is 0 Å². The molecule has 2 unspecified atom stereocenters. The second kappa shape index (κ2) is 5.02. The number of carbonyl (C=O) groups is 1. The molecule has 1 aromatic carbocycles. The first-order chi connectivity index (χ1) is 8.54.